The van der Waals surface area contributed by atoms with E-state index in [2.05, 4.69) is 15.6 Å². The highest BCUT2D eigenvalue weighted by atomic mass is 16.5. The highest BCUT2D eigenvalue weighted by Gasteiger charge is 2.16. The largest absolute Gasteiger partial charge is 0.497 e. The first-order valence-electron chi connectivity index (χ1n) is 8.12. The van der Waals surface area contributed by atoms with E-state index in [0.717, 1.165) is 12.3 Å². The van der Waals surface area contributed by atoms with Gasteiger partial charge in [-0.15, -0.1) is 0 Å². The fourth-order valence-electron chi connectivity index (χ4n) is 2.47. The number of morpholine rings is 1. The third-order valence-corrected chi connectivity index (χ3v) is 3.73. The van der Waals surface area contributed by atoms with Crippen molar-refractivity contribution in [3.05, 3.63) is 42.6 Å². The minimum atomic E-state index is -0.0753. The van der Waals surface area contributed by atoms with E-state index in [1.807, 2.05) is 12.1 Å². The molecule has 0 aliphatic carbocycles. The lowest BCUT2D eigenvalue weighted by molar-refractivity contribution is -0.117. The number of nitrogens with zero attached hydrogens (tertiary/aromatic N) is 1. The molecular formula is C18H21N3O4. The van der Waals surface area contributed by atoms with Crippen LogP contribution in [0.15, 0.2) is 42.6 Å². The summed E-state index contributed by atoms with van der Waals surface area (Å²) in [6.07, 6.45) is 1.94. The molecule has 0 saturated carbocycles. The van der Waals surface area contributed by atoms with Gasteiger partial charge in [0.25, 0.3) is 0 Å². The van der Waals surface area contributed by atoms with Crippen molar-refractivity contribution in [1.29, 1.82) is 0 Å². The van der Waals surface area contributed by atoms with Crippen LogP contribution in [0.3, 0.4) is 0 Å². The molecule has 1 aromatic carbocycles. The van der Waals surface area contributed by atoms with E-state index >= 15 is 0 Å². The fraction of sp³-hybridized carbons (Fsp3) is 0.333. The maximum absolute atomic E-state index is 12.0. The Morgan fingerprint density at radius 3 is 2.72 bits per heavy atom. The second-order valence-electron chi connectivity index (χ2n) is 5.64. The molecule has 0 bridgehead atoms. The van der Waals surface area contributed by atoms with Gasteiger partial charge in [-0.05, 0) is 30.3 Å². The summed E-state index contributed by atoms with van der Waals surface area (Å²) in [5, 5.41) is 6.08. The number of methoxy groups -OCH3 is 1. The van der Waals surface area contributed by atoms with Gasteiger partial charge in [0, 0.05) is 25.1 Å². The molecule has 7 heteroatoms. The standard InChI is InChI=1S/C18H21N3O4/c1-23-15-3-5-16(6-4-15)25-18-7-2-13(11-20-18)21-17(22)10-14-12-24-9-8-19-14/h2-7,11,14,19H,8-10,12H2,1H3,(H,21,22). The van der Waals surface area contributed by atoms with Crippen LogP contribution in [0.25, 0.3) is 0 Å². The molecule has 2 heterocycles. The molecule has 0 radical (unpaired) electrons. The van der Waals surface area contributed by atoms with Gasteiger partial charge in [-0.3, -0.25) is 4.79 Å². The maximum Gasteiger partial charge on any atom is 0.226 e. The number of aromatic nitrogens is 1. The van der Waals surface area contributed by atoms with Crippen LogP contribution in [-0.4, -0.2) is 43.8 Å². The summed E-state index contributed by atoms with van der Waals surface area (Å²) in [7, 11) is 1.61. The van der Waals surface area contributed by atoms with Crippen LogP contribution in [0.5, 0.6) is 17.4 Å². The SMILES string of the molecule is COc1ccc(Oc2ccc(NC(=O)CC3COCCN3)cn2)cc1. The quantitative estimate of drug-likeness (QED) is 0.837. The Hall–Kier alpha value is -2.64. The second-order valence-corrected chi connectivity index (χ2v) is 5.64. The number of anilines is 1. The number of hydrogen-bond donors (Lipinski definition) is 2. The highest BCUT2D eigenvalue weighted by molar-refractivity contribution is 5.90. The number of carbonyl (C=O) groups is 1. The zero-order valence-corrected chi connectivity index (χ0v) is 14.0. The molecule has 1 saturated heterocycles. The lowest BCUT2D eigenvalue weighted by Gasteiger charge is -2.23. The zero-order chi connectivity index (χ0) is 17.5. The minimum Gasteiger partial charge on any atom is -0.497 e. The molecule has 1 aliphatic rings. The van der Waals surface area contributed by atoms with Gasteiger partial charge in [0.1, 0.15) is 11.5 Å². The molecule has 1 fully saturated rings. The molecule has 0 spiro atoms. The third-order valence-electron chi connectivity index (χ3n) is 3.73. The first-order valence-corrected chi connectivity index (χ1v) is 8.12. The second kappa shape index (κ2) is 8.46. The predicted molar refractivity (Wildman–Crippen MR) is 93.2 cm³/mol. The van der Waals surface area contributed by atoms with Gasteiger partial charge < -0.3 is 24.8 Å². The molecule has 2 N–H and O–H groups in total. The van der Waals surface area contributed by atoms with Crippen molar-refractivity contribution in [2.75, 3.05) is 32.2 Å². The van der Waals surface area contributed by atoms with E-state index in [9.17, 15) is 4.79 Å². The topological polar surface area (TPSA) is 81.7 Å². The number of carbonyl (C=O) groups excluding carboxylic acids is 1. The molecule has 1 aromatic heterocycles. The van der Waals surface area contributed by atoms with E-state index in [1.54, 1.807) is 37.6 Å². The molecule has 1 atom stereocenters. The molecule has 7 nitrogen and oxygen atoms in total. The Morgan fingerprint density at radius 2 is 2.08 bits per heavy atom. The van der Waals surface area contributed by atoms with Crippen LogP contribution in [0, 0.1) is 0 Å². The molecule has 2 aromatic rings. The third kappa shape index (κ3) is 5.17. The number of hydrogen-bond acceptors (Lipinski definition) is 6. The Kier molecular flexibility index (Phi) is 5.81. The lowest BCUT2D eigenvalue weighted by Crippen LogP contribution is -2.43. The van der Waals surface area contributed by atoms with E-state index < -0.39 is 0 Å². The number of benzene rings is 1. The van der Waals surface area contributed by atoms with Crippen molar-refractivity contribution >= 4 is 11.6 Å². The molecule has 132 valence electrons. The average Bonchev–Trinajstić information content (AvgIpc) is 2.65. The molecular weight excluding hydrogens is 322 g/mol. The van der Waals surface area contributed by atoms with E-state index in [1.165, 1.54) is 0 Å². The Labute approximate surface area is 146 Å². The van der Waals surface area contributed by atoms with Crippen LogP contribution in [-0.2, 0) is 9.53 Å². The van der Waals surface area contributed by atoms with Crippen LogP contribution >= 0.6 is 0 Å². The lowest BCUT2D eigenvalue weighted by atomic mass is 10.2. The Balaban J connectivity index is 1.51. The zero-order valence-electron chi connectivity index (χ0n) is 14.0. The normalized spacial score (nSPS) is 16.9. The van der Waals surface area contributed by atoms with Crippen molar-refractivity contribution in [3.63, 3.8) is 0 Å². The van der Waals surface area contributed by atoms with Crippen LogP contribution in [0.2, 0.25) is 0 Å². The molecule has 25 heavy (non-hydrogen) atoms. The van der Waals surface area contributed by atoms with Crippen LogP contribution in [0.1, 0.15) is 6.42 Å². The smallest absolute Gasteiger partial charge is 0.226 e. The number of nitrogens with one attached hydrogen (secondary N) is 2. The van der Waals surface area contributed by atoms with Crippen molar-refractivity contribution in [3.8, 4) is 17.4 Å². The summed E-state index contributed by atoms with van der Waals surface area (Å²) in [4.78, 5) is 16.2. The van der Waals surface area contributed by atoms with Crippen LogP contribution in [0.4, 0.5) is 5.69 Å². The Morgan fingerprint density at radius 1 is 1.28 bits per heavy atom. The first-order chi connectivity index (χ1) is 12.2. The molecule has 3 rings (SSSR count). The number of ether oxygens (including phenoxy) is 3. The van der Waals surface area contributed by atoms with Crippen molar-refractivity contribution in [2.45, 2.75) is 12.5 Å². The highest BCUT2D eigenvalue weighted by Crippen LogP contribution is 2.23. The number of rotatable bonds is 6. The number of amides is 1. The van der Waals surface area contributed by atoms with E-state index in [-0.39, 0.29) is 11.9 Å². The monoisotopic (exact) mass is 343 g/mol. The van der Waals surface area contributed by atoms with Gasteiger partial charge in [0.15, 0.2) is 0 Å². The van der Waals surface area contributed by atoms with Gasteiger partial charge in [0.05, 0.1) is 32.2 Å². The van der Waals surface area contributed by atoms with Crippen LogP contribution < -0.4 is 20.1 Å². The van der Waals surface area contributed by atoms with Gasteiger partial charge in [-0.2, -0.15) is 0 Å². The van der Waals surface area contributed by atoms with Gasteiger partial charge in [0.2, 0.25) is 11.8 Å². The first kappa shape index (κ1) is 17.2. The van der Waals surface area contributed by atoms with Crippen molar-refractivity contribution < 1.29 is 19.0 Å². The van der Waals surface area contributed by atoms with Gasteiger partial charge in [-0.1, -0.05) is 0 Å². The average molecular weight is 343 g/mol. The van der Waals surface area contributed by atoms with Crippen molar-refractivity contribution in [2.24, 2.45) is 0 Å². The minimum absolute atomic E-state index is 0.0550. The Bertz CT molecular complexity index is 682. The predicted octanol–water partition coefficient (Wildman–Crippen LogP) is 2.20. The summed E-state index contributed by atoms with van der Waals surface area (Å²) in [6.45, 7) is 2.02. The van der Waals surface area contributed by atoms with E-state index in [4.69, 9.17) is 14.2 Å². The van der Waals surface area contributed by atoms with E-state index in [0.29, 0.717) is 37.0 Å². The summed E-state index contributed by atoms with van der Waals surface area (Å²) >= 11 is 0. The fourth-order valence-corrected chi connectivity index (χ4v) is 2.47. The molecule has 1 aliphatic heterocycles. The summed E-state index contributed by atoms with van der Waals surface area (Å²) in [5.41, 5.74) is 0.629. The maximum atomic E-state index is 12.0. The summed E-state index contributed by atoms with van der Waals surface area (Å²) in [6, 6.07) is 10.8. The van der Waals surface area contributed by atoms with Gasteiger partial charge in [-0.25, -0.2) is 4.98 Å². The van der Waals surface area contributed by atoms with Gasteiger partial charge >= 0.3 is 0 Å². The number of pyridine rings is 1. The summed E-state index contributed by atoms with van der Waals surface area (Å²) in [5.74, 6) is 1.80. The molecule has 1 unspecified atom stereocenters. The summed E-state index contributed by atoms with van der Waals surface area (Å²) < 4.78 is 16.1. The van der Waals surface area contributed by atoms with Crippen molar-refractivity contribution in [1.82, 2.24) is 10.3 Å². The molecule has 1 amide bonds.